The Morgan fingerprint density at radius 2 is 1.71 bits per heavy atom. The summed E-state index contributed by atoms with van der Waals surface area (Å²) in [5, 5.41) is 5.36. The van der Waals surface area contributed by atoms with Crippen LogP contribution in [0.5, 0.6) is 0 Å². The van der Waals surface area contributed by atoms with Crippen LogP contribution in [-0.2, 0) is 41.3 Å². The monoisotopic (exact) mass is 625 g/mol. The molecule has 0 saturated heterocycles. The number of amides is 1. The van der Waals surface area contributed by atoms with E-state index in [1.807, 2.05) is 75.4 Å². The number of fused-ring (bicyclic) bond motifs is 3. The van der Waals surface area contributed by atoms with Crippen LogP contribution in [0.15, 0.2) is 84.6 Å². The third kappa shape index (κ3) is 6.06. The second-order valence-electron chi connectivity index (χ2n) is 11.2. The normalized spacial score (nSPS) is 19.4. The van der Waals surface area contributed by atoms with E-state index < -0.39 is 34.3 Å². The van der Waals surface area contributed by atoms with Crippen molar-refractivity contribution in [2.45, 2.75) is 51.3 Å². The Bertz CT molecular complexity index is 1930. The molecule has 9 nitrogen and oxygen atoms in total. The number of rotatable bonds is 10. The summed E-state index contributed by atoms with van der Waals surface area (Å²) in [5.41, 5.74) is 5.53. The second kappa shape index (κ2) is 12.6. The van der Waals surface area contributed by atoms with E-state index in [2.05, 4.69) is 15.0 Å². The predicted octanol–water partition coefficient (Wildman–Crippen LogP) is 4.85. The molecule has 3 atom stereocenters. The molecular weight excluding hydrogens is 590 g/mol. The Balaban J connectivity index is 1.24. The van der Waals surface area contributed by atoms with Crippen LogP contribution in [-0.4, -0.2) is 44.5 Å². The van der Waals surface area contributed by atoms with Crippen LogP contribution < -0.4 is 10.0 Å². The van der Waals surface area contributed by atoms with E-state index in [9.17, 15) is 18.0 Å². The van der Waals surface area contributed by atoms with Crippen molar-refractivity contribution in [1.82, 2.24) is 15.0 Å². The van der Waals surface area contributed by atoms with E-state index in [1.54, 1.807) is 24.4 Å². The summed E-state index contributed by atoms with van der Waals surface area (Å²) in [6, 6.07) is 21.8. The minimum absolute atomic E-state index is 0.0565. The molecule has 6 rings (SSSR count). The van der Waals surface area contributed by atoms with Gasteiger partial charge in [-0.25, -0.2) is 8.42 Å². The lowest BCUT2D eigenvalue weighted by molar-refractivity contribution is -0.127. The summed E-state index contributed by atoms with van der Waals surface area (Å²) in [7, 11) is -3.97. The molecule has 232 valence electrons. The minimum Gasteiger partial charge on any atom is -0.366 e. The topological polar surface area (TPSA) is 124 Å². The Labute approximate surface area is 262 Å². The summed E-state index contributed by atoms with van der Waals surface area (Å²) in [4.78, 5) is 31.4. The number of nitrogens with one attached hydrogen (secondary N) is 2. The molecular formula is C35H35N3O6S. The number of hydrogen-bond donors (Lipinski definition) is 2. The number of aromatic nitrogens is 1. The number of Topliss-reactive ketones (excluding diaryl/α,β-unsaturated/α-hetero) is 1. The Kier molecular flexibility index (Phi) is 8.65. The van der Waals surface area contributed by atoms with Crippen molar-refractivity contribution in [3.63, 3.8) is 0 Å². The number of carbonyl (C=O) groups excluding carboxylic acids is 2. The van der Waals surface area contributed by atoms with Crippen molar-refractivity contribution < 1.29 is 27.5 Å². The lowest BCUT2D eigenvalue weighted by Gasteiger charge is -2.27. The zero-order valence-corrected chi connectivity index (χ0v) is 26.2. The fourth-order valence-corrected chi connectivity index (χ4v) is 7.50. The summed E-state index contributed by atoms with van der Waals surface area (Å²) in [5.74, 6) is -1.11. The van der Waals surface area contributed by atoms with Gasteiger partial charge in [-0.15, -0.1) is 0 Å². The van der Waals surface area contributed by atoms with E-state index in [1.165, 1.54) is 0 Å². The molecule has 2 N–H and O–H groups in total. The van der Waals surface area contributed by atoms with Crippen LogP contribution in [0.4, 0.5) is 0 Å². The zero-order valence-electron chi connectivity index (χ0n) is 25.4. The van der Waals surface area contributed by atoms with Crippen molar-refractivity contribution in [3.8, 4) is 0 Å². The number of nitrogens with zero attached hydrogens (tertiary/aromatic N) is 1. The van der Waals surface area contributed by atoms with E-state index in [0.29, 0.717) is 35.6 Å². The predicted molar refractivity (Wildman–Crippen MR) is 171 cm³/mol. The summed E-state index contributed by atoms with van der Waals surface area (Å²) < 4.78 is 40.3. The molecule has 0 bridgehead atoms. The molecule has 45 heavy (non-hydrogen) atoms. The number of aryl methyl sites for hydroxylation is 1. The molecule has 3 unspecified atom stereocenters. The molecule has 1 aliphatic heterocycles. The Hall–Kier alpha value is -4.22. The molecule has 4 aromatic rings. The highest BCUT2D eigenvalue weighted by molar-refractivity contribution is 7.89. The highest BCUT2D eigenvalue weighted by atomic mass is 32.2. The molecule has 10 heteroatoms. The third-order valence-corrected chi connectivity index (χ3v) is 9.46. The summed E-state index contributed by atoms with van der Waals surface area (Å²) in [6.07, 6.45) is 0.315. The van der Waals surface area contributed by atoms with Crippen LogP contribution in [0, 0.1) is 6.92 Å². The van der Waals surface area contributed by atoms with Gasteiger partial charge in [-0.3, -0.25) is 24.6 Å². The van der Waals surface area contributed by atoms with Crippen LogP contribution in [0.3, 0.4) is 0 Å². The number of hydrogen-bond acceptors (Lipinski definition) is 8. The van der Waals surface area contributed by atoms with Crippen molar-refractivity contribution in [2.24, 2.45) is 0 Å². The quantitative estimate of drug-likeness (QED) is 0.256. The molecule has 2 heterocycles. The van der Waals surface area contributed by atoms with Crippen LogP contribution in [0.1, 0.15) is 59.5 Å². The molecule has 0 fully saturated rings. The van der Waals surface area contributed by atoms with Gasteiger partial charge < -0.3 is 9.47 Å². The zero-order chi connectivity index (χ0) is 31.7. The maximum absolute atomic E-state index is 13.9. The first-order valence-corrected chi connectivity index (χ1v) is 16.7. The molecule has 1 aromatic heterocycles. The van der Waals surface area contributed by atoms with Gasteiger partial charge in [0.2, 0.25) is 15.9 Å². The molecule has 3 aromatic carbocycles. The van der Waals surface area contributed by atoms with E-state index in [0.717, 1.165) is 33.0 Å². The van der Waals surface area contributed by atoms with Gasteiger partial charge in [0.25, 0.3) is 0 Å². The first-order valence-electron chi connectivity index (χ1n) is 15.0. The van der Waals surface area contributed by atoms with Gasteiger partial charge in [-0.1, -0.05) is 66.7 Å². The number of benzene rings is 3. The van der Waals surface area contributed by atoms with Crippen molar-refractivity contribution in [1.29, 1.82) is 0 Å². The average molecular weight is 626 g/mol. The SMILES string of the molecule is CCOC1NC(c2ccc(CS(=O)(=O)NC(=O)Cc3cccc4ccccc34)cc2C)C2=C1c1ncccc1C(OCC)C2=O. The third-order valence-electron chi connectivity index (χ3n) is 8.21. The molecule has 0 radical (unpaired) electrons. The van der Waals surface area contributed by atoms with Gasteiger partial charge in [0.15, 0.2) is 5.78 Å². The largest absolute Gasteiger partial charge is 0.366 e. The maximum Gasteiger partial charge on any atom is 0.239 e. The number of sulfonamides is 1. The number of pyridine rings is 1. The molecule has 2 aliphatic rings. The van der Waals surface area contributed by atoms with Crippen molar-refractivity contribution >= 4 is 38.1 Å². The smallest absolute Gasteiger partial charge is 0.239 e. The fourth-order valence-electron chi connectivity index (χ4n) is 6.39. The van der Waals surface area contributed by atoms with E-state index in [4.69, 9.17) is 9.47 Å². The standard InChI is InChI=1S/C35H35N3O6S/c1-4-43-34-27-14-9-17-36-31(27)30-29(33(34)40)32(37-35(30)44-5-2)25-16-15-22(18-21(25)3)20-45(41,42)38-28(39)19-24-12-8-11-23-10-6-7-13-26(23)24/h6-18,32,34-35,37H,4-5,19-20H2,1-3H3,(H,38,39). The van der Waals surface area contributed by atoms with Crippen LogP contribution >= 0.6 is 0 Å². The first-order chi connectivity index (χ1) is 21.7. The lowest BCUT2D eigenvalue weighted by atomic mass is 9.82. The second-order valence-corrected chi connectivity index (χ2v) is 12.9. The van der Waals surface area contributed by atoms with Gasteiger partial charge in [-0.05, 0) is 59.9 Å². The number of ether oxygens (including phenoxy) is 2. The van der Waals surface area contributed by atoms with E-state index >= 15 is 0 Å². The summed E-state index contributed by atoms with van der Waals surface area (Å²) >= 11 is 0. The fraction of sp³-hybridized carbons (Fsp3) is 0.286. The highest BCUT2D eigenvalue weighted by Crippen LogP contribution is 2.47. The van der Waals surface area contributed by atoms with Crippen LogP contribution in [0.25, 0.3) is 16.3 Å². The van der Waals surface area contributed by atoms with Gasteiger partial charge in [0, 0.05) is 36.1 Å². The number of ketones is 1. The van der Waals surface area contributed by atoms with Gasteiger partial charge >= 0.3 is 0 Å². The van der Waals surface area contributed by atoms with E-state index in [-0.39, 0.29) is 18.0 Å². The highest BCUT2D eigenvalue weighted by Gasteiger charge is 2.47. The maximum atomic E-state index is 13.9. The summed E-state index contributed by atoms with van der Waals surface area (Å²) in [6.45, 7) is 6.41. The Morgan fingerprint density at radius 1 is 0.933 bits per heavy atom. The minimum atomic E-state index is -3.97. The molecule has 1 aliphatic carbocycles. The molecule has 0 saturated carbocycles. The lowest BCUT2D eigenvalue weighted by Crippen LogP contribution is -2.33. The van der Waals surface area contributed by atoms with Crippen molar-refractivity contribution in [2.75, 3.05) is 13.2 Å². The van der Waals surface area contributed by atoms with Crippen LogP contribution in [0.2, 0.25) is 0 Å². The van der Waals surface area contributed by atoms with Gasteiger partial charge in [0.05, 0.1) is 23.9 Å². The molecule has 0 spiro atoms. The van der Waals surface area contributed by atoms with Crippen molar-refractivity contribution in [3.05, 3.63) is 118 Å². The van der Waals surface area contributed by atoms with Gasteiger partial charge in [-0.2, -0.15) is 0 Å². The first kappa shape index (κ1) is 30.8. The van der Waals surface area contributed by atoms with Gasteiger partial charge in [0.1, 0.15) is 12.3 Å². The number of carbonyl (C=O) groups is 2. The average Bonchev–Trinajstić information content (AvgIpc) is 3.38. The Morgan fingerprint density at radius 3 is 2.49 bits per heavy atom. The molecule has 1 amide bonds.